The summed E-state index contributed by atoms with van der Waals surface area (Å²) in [5.41, 5.74) is 2.86. The zero-order valence-electron chi connectivity index (χ0n) is 9.97. The fourth-order valence-corrected chi connectivity index (χ4v) is 1.95. The molecule has 0 spiro atoms. The molecule has 94 valence electrons. The van der Waals surface area contributed by atoms with Gasteiger partial charge in [0.1, 0.15) is 12.4 Å². The molecule has 0 atom stereocenters. The fourth-order valence-electron chi connectivity index (χ4n) is 1.95. The quantitative estimate of drug-likeness (QED) is 0.610. The molecule has 0 aromatic heterocycles. The molecule has 1 aliphatic rings. The first kappa shape index (κ1) is 11.6. The third-order valence-electron chi connectivity index (χ3n) is 2.94. The van der Waals surface area contributed by atoms with E-state index in [1.54, 1.807) is 30.5 Å². The van der Waals surface area contributed by atoms with Crippen molar-refractivity contribution in [2.45, 2.75) is 6.61 Å². The Morgan fingerprint density at radius 1 is 1.16 bits per heavy atom. The molecule has 0 saturated carbocycles. The minimum absolute atomic E-state index is 0.255. The third kappa shape index (κ3) is 2.25. The van der Waals surface area contributed by atoms with Crippen LogP contribution in [-0.2, 0) is 11.3 Å². The van der Waals surface area contributed by atoms with Crippen LogP contribution in [0.5, 0.6) is 0 Å². The lowest BCUT2D eigenvalue weighted by Crippen LogP contribution is -1.92. The van der Waals surface area contributed by atoms with Crippen LogP contribution in [0.1, 0.15) is 21.5 Å². The molecule has 0 saturated heterocycles. The van der Waals surface area contributed by atoms with Crippen LogP contribution in [0.3, 0.4) is 0 Å². The first-order valence-electron chi connectivity index (χ1n) is 5.83. The highest BCUT2D eigenvalue weighted by atomic mass is 19.1. The number of hydrogen-bond donors (Lipinski definition) is 0. The van der Waals surface area contributed by atoms with Crippen molar-refractivity contribution in [3.8, 4) is 0 Å². The highest BCUT2D eigenvalue weighted by Crippen LogP contribution is 2.29. The first-order chi connectivity index (χ1) is 9.24. The molecule has 0 unspecified atom stereocenters. The Balaban J connectivity index is 1.92. The van der Waals surface area contributed by atoms with Gasteiger partial charge in [-0.3, -0.25) is 4.99 Å². The zero-order valence-corrected chi connectivity index (χ0v) is 9.97. The molecule has 0 fully saturated rings. The summed E-state index contributed by atoms with van der Waals surface area (Å²) in [6.07, 6.45) is 1.64. The van der Waals surface area contributed by atoms with Gasteiger partial charge < -0.3 is 4.74 Å². The summed E-state index contributed by atoms with van der Waals surface area (Å²) >= 11 is 0. The predicted molar refractivity (Wildman–Crippen MR) is 69.2 cm³/mol. The van der Waals surface area contributed by atoms with Gasteiger partial charge in [0.2, 0.25) is 0 Å². The Bertz CT molecular complexity index is 662. The number of halogens is 1. The minimum Gasteiger partial charge on any atom is -0.457 e. The summed E-state index contributed by atoms with van der Waals surface area (Å²) in [6, 6.07) is 11.4. The van der Waals surface area contributed by atoms with Crippen molar-refractivity contribution < 1.29 is 13.9 Å². The monoisotopic (exact) mass is 255 g/mol. The topological polar surface area (TPSA) is 38.7 Å². The Hall–Kier alpha value is -2.49. The highest BCUT2D eigenvalue weighted by molar-refractivity contribution is 5.95. The van der Waals surface area contributed by atoms with E-state index >= 15 is 0 Å². The summed E-state index contributed by atoms with van der Waals surface area (Å²) in [7, 11) is 0. The number of aliphatic imine (C=N–C) groups is 1. The molecule has 0 N–H and O–H groups in total. The van der Waals surface area contributed by atoms with Crippen molar-refractivity contribution in [2.24, 2.45) is 4.99 Å². The van der Waals surface area contributed by atoms with Gasteiger partial charge in [-0.25, -0.2) is 9.18 Å². The molecule has 2 aromatic carbocycles. The standard InChI is InChI=1S/C15H10FNO2/c16-11-6-4-10(5-7-11)8-17-14-3-1-2-12-13(14)9-19-15(12)18/h1-8H,9H2. The number of cyclic esters (lactones) is 1. The van der Waals surface area contributed by atoms with Crippen molar-refractivity contribution in [1.82, 2.24) is 0 Å². The van der Waals surface area contributed by atoms with Crippen LogP contribution < -0.4 is 0 Å². The van der Waals surface area contributed by atoms with Gasteiger partial charge in [0, 0.05) is 11.8 Å². The number of benzene rings is 2. The Morgan fingerprint density at radius 3 is 2.74 bits per heavy atom. The van der Waals surface area contributed by atoms with Crippen molar-refractivity contribution in [3.63, 3.8) is 0 Å². The number of esters is 1. The average Bonchev–Trinajstić information content (AvgIpc) is 2.81. The van der Waals surface area contributed by atoms with Crippen LogP contribution in [0, 0.1) is 5.82 Å². The fraction of sp³-hybridized carbons (Fsp3) is 0.0667. The molecule has 1 heterocycles. The molecule has 0 bridgehead atoms. The number of ether oxygens (including phenoxy) is 1. The molecule has 19 heavy (non-hydrogen) atoms. The van der Waals surface area contributed by atoms with E-state index in [0.29, 0.717) is 11.3 Å². The van der Waals surface area contributed by atoms with Crippen LogP contribution in [0.15, 0.2) is 47.5 Å². The van der Waals surface area contributed by atoms with E-state index in [1.165, 1.54) is 12.1 Å². The summed E-state index contributed by atoms with van der Waals surface area (Å²) in [4.78, 5) is 15.7. The van der Waals surface area contributed by atoms with Crippen LogP contribution in [-0.4, -0.2) is 12.2 Å². The molecule has 0 aliphatic carbocycles. The van der Waals surface area contributed by atoms with E-state index in [9.17, 15) is 9.18 Å². The number of carbonyl (C=O) groups is 1. The van der Waals surface area contributed by atoms with Gasteiger partial charge in [-0.05, 0) is 29.8 Å². The molecule has 4 heteroatoms. The average molecular weight is 255 g/mol. The molecular formula is C15H10FNO2. The number of rotatable bonds is 2. The molecule has 3 nitrogen and oxygen atoms in total. The van der Waals surface area contributed by atoms with Crippen LogP contribution in [0.4, 0.5) is 10.1 Å². The van der Waals surface area contributed by atoms with Gasteiger partial charge in [-0.1, -0.05) is 18.2 Å². The third-order valence-corrected chi connectivity index (χ3v) is 2.94. The summed E-state index contributed by atoms with van der Waals surface area (Å²) in [5.74, 6) is -0.592. The van der Waals surface area contributed by atoms with Gasteiger partial charge in [-0.2, -0.15) is 0 Å². The van der Waals surface area contributed by atoms with E-state index in [1.807, 2.05) is 6.07 Å². The summed E-state index contributed by atoms with van der Waals surface area (Å²) in [5, 5.41) is 0. The molecule has 3 rings (SSSR count). The summed E-state index contributed by atoms with van der Waals surface area (Å²) in [6.45, 7) is 0.255. The van der Waals surface area contributed by atoms with Crippen molar-refractivity contribution >= 4 is 17.9 Å². The van der Waals surface area contributed by atoms with Crippen LogP contribution in [0.2, 0.25) is 0 Å². The largest absolute Gasteiger partial charge is 0.457 e. The maximum atomic E-state index is 12.8. The minimum atomic E-state index is -0.311. The number of nitrogens with zero attached hydrogens (tertiary/aromatic N) is 1. The lowest BCUT2D eigenvalue weighted by Gasteiger charge is -1.99. The SMILES string of the molecule is O=C1OCc2c(N=Cc3ccc(F)cc3)cccc21. The van der Waals surface area contributed by atoms with Gasteiger partial charge in [-0.15, -0.1) is 0 Å². The lowest BCUT2D eigenvalue weighted by molar-refractivity contribution is 0.0535. The second-order valence-electron chi connectivity index (χ2n) is 4.19. The van der Waals surface area contributed by atoms with Gasteiger partial charge in [0.05, 0.1) is 11.3 Å². The molecule has 0 radical (unpaired) electrons. The number of fused-ring (bicyclic) bond motifs is 1. The maximum Gasteiger partial charge on any atom is 0.338 e. The van der Waals surface area contributed by atoms with Crippen molar-refractivity contribution in [1.29, 1.82) is 0 Å². The molecule has 2 aromatic rings. The first-order valence-corrected chi connectivity index (χ1v) is 5.83. The van der Waals surface area contributed by atoms with Crippen LogP contribution in [0.25, 0.3) is 0 Å². The Morgan fingerprint density at radius 2 is 1.95 bits per heavy atom. The van der Waals surface area contributed by atoms with Crippen molar-refractivity contribution in [2.75, 3.05) is 0 Å². The van der Waals surface area contributed by atoms with E-state index < -0.39 is 0 Å². The van der Waals surface area contributed by atoms with E-state index in [0.717, 1.165) is 11.1 Å². The lowest BCUT2D eigenvalue weighted by atomic mass is 10.1. The smallest absolute Gasteiger partial charge is 0.338 e. The number of carbonyl (C=O) groups excluding carboxylic acids is 1. The predicted octanol–water partition coefficient (Wildman–Crippen LogP) is 3.25. The van der Waals surface area contributed by atoms with Gasteiger partial charge >= 0.3 is 5.97 Å². The second-order valence-corrected chi connectivity index (χ2v) is 4.19. The Kier molecular flexibility index (Phi) is 2.83. The van der Waals surface area contributed by atoms with E-state index in [2.05, 4.69) is 4.99 Å². The number of hydrogen-bond acceptors (Lipinski definition) is 3. The maximum absolute atomic E-state index is 12.8. The van der Waals surface area contributed by atoms with Gasteiger partial charge in [0.25, 0.3) is 0 Å². The molecule has 0 amide bonds. The normalized spacial score (nSPS) is 13.6. The van der Waals surface area contributed by atoms with E-state index in [4.69, 9.17) is 4.74 Å². The van der Waals surface area contributed by atoms with Crippen LogP contribution >= 0.6 is 0 Å². The zero-order chi connectivity index (χ0) is 13.2. The van der Waals surface area contributed by atoms with Crippen molar-refractivity contribution in [3.05, 3.63) is 65.0 Å². The molecule has 1 aliphatic heterocycles. The second kappa shape index (κ2) is 4.65. The summed E-state index contributed by atoms with van der Waals surface area (Å²) < 4.78 is 17.7. The highest BCUT2D eigenvalue weighted by Gasteiger charge is 2.22. The van der Waals surface area contributed by atoms with Gasteiger partial charge in [0.15, 0.2) is 0 Å². The molecular weight excluding hydrogens is 245 g/mol. The Labute approximate surface area is 109 Å². The van der Waals surface area contributed by atoms with E-state index in [-0.39, 0.29) is 18.4 Å².